The van der Waals surface area contributed by atoms with Crippen molar-refractivity contribution in [1.29, 1.82) is 0 Å². The topological polar surface area (TPSA) is 73.8 Å². The van der Waals surface area contributed by atoms with Crippen LogP contribution in [-0.2, 0) is 5.75 Å². The maximum Gasteiger partial charge on any atom is 0.272 e. The zero-order valence-corrected chi connectivity index (χ0v) is 14.8. The van der Waals surface area contributed by atoms with Gasteiger partial charge in [0.15, 0.2) is 5.16 Å². The van der Waals surface area contributed by atoms with Crippen molar-refractivity contribution in [2.24, 2.45) is 0 Å². The number of nitro benzene ring substituents is 1. The summed E-state index contributed by atoms with van der Waals surface area (Å²) in [6.07, 6.45) is 1.72. The number of hydrogen-bond acceptors (Lipinski definition) is 5. The Balaban J connectivity index is 1.79. The highest BCUT2D eigenvalue weighted by Gasteiger charge is 2.16. The first kappa shape index (κ1) is 17.2. The van der Waals surface area contributed by atoms with Crippen LogP contribution in [-0.4, -0.2) is 19.7 Å². The summed E-state index contributed by atoms with van der Waals surface area (Å²) in [6.45, 7) is 3.88. The first-order valence-electron chi connectivity index (χ1n) is 7.88. The lowest BCUT2D eigenvalue weighted by Gasteiger charge is -2.15. The molecule has 1 aromatic heterocycles. The second kappa shape index (κ2) is 7.48. The van der Waals surface area contributed by atoms with E-state index in [-0.39, 0.29) is 16.7 Å². The summed E-state index contributed by atoms with van der Waals surface area (Å²) in [7, 11) is 0. The fraction of sp³-hybridized carbons (Fsp3) is 0.222. The molecule has 1 atom stereocenters. The molecule has 3 aromatic rings. The van der Waals surface area contributed by atoms with Gasteiger partial charge >= 0.3 is 0 Å². The largest absolute Gasteiger partial charge is 0.301 e. The quantitative estimate of drug-likeness (QED) is 0.373. The van der Waals surface area contributed by atoms with Crippen LogP contribution in [0.5, 0.6) is 0 Å². The molecular weight excluding hydrogens is 336 g/mol. The van der Waals surface area contributed by atoms with E-state index in [0.717, 1.165) is 10.7 Å². The monoisotopic (exact) mass is 354 g/mol. The third kappa shape index (κ3) is 3.71. The highest BCUT2D eigenvalue weighted by atomic mass is 32.2. The first-order valence-corrected chi connectivity index (χ1v) is 8.86. The summed E-state index contributed by atoms with van der Waals surface area (Å²) < 4.78 is 2.02. The molecule has 0 aliphatic rings. The summed E-state index contributed by atoms with van der Waals surface area (Å²) >= 11 is 1.53. The number of aromatic nitrogens is 3. The van der Waals surface area contributed by atoms with Crippen LogP contribution in [0.4, 0.5) is 5.69 Å². The summed E-state index contributed by atoms with van der Waals surface area (Å²) in [5, 5.41) is 20.1. The van der Waals surface area contributed by atoms with E-state index in [0.29, 0.717) is 11.3 Å². The number of nitrogens with zero attached hydrogens (tertiary/aromatic N) is 4. The van der Waals surface area contributed by atoms with E-state index in [1.165, 1.54) is 23.4 Å². The van der Waals surface area contributed by atoms with Crippen molar-refractivity contribution in [1.82, 2.24) is 14.8 Å². The van der Waals surface area contributed by atoms with Gasteiger partial charge in [0.1, 0.15) is 6.33 Å². The van der Waals surface area contributed by atoms with Crippen molar-refractivity contribution in [2.45, 2.75) is 30.8 Å². The Bertz CT molecular complexity index is 880. The SMILES string of the molecule is Cc1c(CSc2nncn2[C@@H](C)c2ccccc2)cccc1[N+](=O)[O-]. The van der Waals surface area contributed by atoms with E-state index < -0.39 is 0 Å². The van der Waals surface area contributed by atoms with Gasteiger partial charge in [-0.25, -0.2) is 0 Å². The molecule has 7 heteroatoms. The van der Waals surface area contributed by atoms with Gasteiger partial charge in [-0.3, -0.25) is 10.1 Å². The van der Waals surface area contributed by atoms with E-state index in [2.05, 4.69) is 29.3 Å². The summed E-state index contributed by atoms with van der Waals surface area (Å²) in [4.78, 5) is 10.7. The van der Waals surface area contributed by atoms with Gasteiger partial charge in [0, 0.05) is 17.4 Å². The van der Waals surface area contributed by atoms with E-state index in [4.69, 9.17) is 0 Å². The van der Waals surface area contributed by atoms with Crippen LogP contribution in [0.2, 0.25) is 0 Å². The van der Waals surface area contributed by atoms with Crippen LogP contribution in [0.3, 0.4) is 0 Å². The molecule has 2 aromatic carbocycles. The van der Waals surface area contributed by atoms with Crippen LogP contribution in [0, 0.1) is 17.0 Å². The van der Waals surface area contributed by atoms with Gasteiger partial charge < -0.3 is 4.57 Å². The number of thioether (sulfide) groups is 1. The molecule has 0 aliphatic carbocycles. The Hall–Kier alpha value is -2.67. The van der Waals surface area contributed by atoms with Crippen molar-refractivity contribution >= 4 is 17.4 Å². The van der Waals surface area contributed by atoms with Gasteiger partial charge in [0.05, 0.1) is 11.0 Å². The Labute approximate surface area is 150 Å². The average Bonchev–Trinajstić information content (AvgIpc) is 3.09. The fourth-order valence-electron chi connectivity index (χ4n) is 2.66. The molecule has 0 saturated carbocycles. The molecule has 0 aliphatic heterocycles. The third-order valence-electron chi connectivity index (χ3n) is 4.21. The predicted molar refractivity (Wildman–Crippen MR) is 97.7 cm³/mol. The number of rotatable bonds is 6. The number of nitro groups is 1. The van der Waals surface area contributed by atoms with Gasteiger partial charge in [-0.15, -0.1) is 10.2 Å². The maximum absolute atomic E-state index is 11.1. The van der Waals surface area contributed by atoms with Crippen LogP contribution in [0.15, 0.2) is 60.0 Å². The van der Waals surface area contributed by atoms with E-state index in [1.54, 1.807) is 19.3 Å². The lowest BCUT2D eigenvalue weighted by Crippen LogP contribution is -2.07. The zero-order chi connectivity index (χ0) is 17.8. The Kier molecular flexibility index (Phi) is 5.14. The number of hydrogen-bond donors (Lipinski definition) is 0. The van der Waals surface area contributed by atoms with Crippen molar-refractivity contribution in [3.8, 4) is 0 Å². The average molecular weight is 354 g/mol. The van der Waals surface area contributed by atoms with Crippen molar-refractivity contribution < 1.29 is 4.92 Å². The molecule has 0 unspecified atom stereocenters. The van der Waals surface area contributed by atoms with Gasteiger partial charge in [0.2, 0.25) is 0 Å². The summed E-state index contributed by atoms with van der Waals surface area (Å²) in [5.41, 5.74) is 2.95. The molecule has 0 radical (unpaired) electrons. The molecule has 3 rings (SSSR count). The molecule has 128 valence electrons. The molecule has 1 heterocycles. The maximum atomic E-state index is 11.1. The molecule has 0 spiro atoms. The Morgan fingerprint density at radius 2 is 1.96 bits per heavy atom. The highest BCUT2D eigenvalue weighted by molar-refractivity contribution is 7.98. The standard InChI is InChI=1S/C18H18N4O2S/c1-13-16(9-6-10-17(13)22(23)24)11-25-18-20-19-12-21(18)14(2)15-7-4-3-5-8-15/h3-10,12,14H,11H2,1-2H3/t14-/m0/s1. The van der Waals surface area contributed by atoms with Gasteiger partial charge in [-0.2, -0.15) is 0 Å². The second-order valence-electron chi connectivity index (χ2n) is 5.71. The highest BCUT2D eigenvalue weighted by Crippen LogP contribution is 2.29. The smallest absolute Gasteiger partial charge is 0.272 e. The molecule has 0 saturated heterocycles. The van der Waals surface area contributed by atoms with E-state index >= 15 is 0 Å². The third-order valence-corrected chi connectivity index (χ3v) is 5.22. The van der Waals surface area contributed by atoms with Crippen LogP contribution < -0.4 is 0 Å². The predicted octanol–water partition coefficient (Wildman–Crippen LogP) is 4.40. The zero-order valence-electron chi connectivity index (χ0n) is 14.0. The fourth-order valence-corrected chi connectivity index (χ4v) is 3.72. The summed E-state index contributed by atoms with van der Waals surface area (Å²) in [6, 6.07) is 15.4. The molecule has 0 fully saturated rings. The van der Waals surface area contributed by atoms with Crippen molar-refractivity contribution in [3.05, 3.63) is 81.7 Å². The van der Waals surface area contributed by atoms with Crippen molar-refractivity contribution in [3.63, 3.8) is 0 Å². The minimum atomic E-state index is -0.344. The Morgan fingerprint density at radius 1 is 1.20 bits per heavy atom. The minimum Gasteiger partial charge on any atom is -0.301 e. The van der Waals surface area contributed by atoms with Crippen molar-refractivity contribution in [2.75, 3.05) is 0 Å². The molecule has 25 heavy (non-hydrogen) atoms. The minimum absolute atomic E-state index is 0.116. The number of benzene rings is 2. The van der Waals surface area contributed by atoms with E-state index in [1.807, 2.05) is 28.8 Å². The first-order chi connectivity index (χ1) is 12.1. The van der Waals surface area contributed by atoms with Gasteiger partial charge in [0.25, 0.3) is 5.69 Å². The second-order valence-corrected chi connectivity index (χ2v) is 6.66. The van der Waals surface area contributed by atoms with Gasteiger partial charge in [-0.1, -0.05) is 54.2 Å². The lowest BCUT2D eigenvalue weighted by molar-refractivity contribution is -0.385. The van der Waals surface area contributed by atoms with E-state index in [9.17, 15) is 10.1 Å². The molecular formula is C18H18N4O2S. The molecule has 0 bridgehead atoms. The molecule has 0 amide bonds. The van der Waals surface area contributed by atoms with Crippen LogP contribution in [0.25, 0.3) is 0 Å². The normalized spacial score (nSPS) is 12.1. The molecule has 0 N–H and O–H groups in total. The Morgan fingerprint density at radius 3 is 2.68 bits per heavy atom. The summed E-state index contributed by atoms with van der Waals surface area (Å²) in [5.74, 6) is 0.605. The lowest BCUT2D eigenvalue weighted by atomic mass is 10.1. The van der Waals surface area contributed by atoms with Gasteiger partial charge in [-0.05, 0) is 25.0 Å². The van der Waals surface area contributed by atoms with Crippen LogP contribution in [0.1, 0.15) is 29.7 Å². The van der Waals surface area contributed by atoms with Crippen LogP contribution >= 0.6 is 11.8 Å². The molecule has 6 nitrogen and oxygen atoms in total.